The zero-order chi connectivity index (χ0) is 18.5. The van der Waals surface area contributed by atoms with Gasteiger partial charge < -0.3 is 11.1 Å². The Morgan fingerprint density at radius 3 is 2.32 bits per heavy atom. The highest BCUT2D eigenvalue weighted by Gasteiger charge is 2.11. The molecule has 6 nitrogen and oxygen atoms in total. The lowest BCUT2D eigenvalue weighted by Gasteiger charge is -2.07. The first-order valence-corrected chi connectivity index (χ1v) is 10.6. The van der Waals surface area contributed by atoms with E-state index in [4.69, 9.17) is 5.73 Å². The summed E-state index contributed by atoms with van der Waals surface area (Å²) in [5, 5.41) is 3.12. The number of aliphatic imine (C=N–C) groups is 1. The molecule has 0 fully saturated rings. The molecule has 0 amide bonds. The zero-order valence-corrected chi connectivity index (χ0v) is 16.2. The minimum Gasteiger partial charge on any atom is -0.370 e. The van der Waals surface area contributed by atoms with Crippen molar-refractivity contribution in [2.45, 2.75) is 63.8 Å². The number of hydrogen-bond acceptors (Lipinski definition) is 3. The van der Waals surface area contributed by atoms with E-state index in [0.29, 0.717) is 19.0 Å². The van der Waals surface area contributed by atoms with Gasteiger partial charge in [-0.05, 0) is 24.1 Å². The first-order chi connectivity index (χ1) is 12.0. The summed E-state index contributed by atoms with van der Waals surface area (Å²) >= 11 is 0. The maximum absolute atomic E-state index is 11.9. The molecule has 0 radical (unpaired) electrons. The quantitative estimate of drug-likeness (QED) is 0.300. The maximum Gasteiger partial charge on any atom is 0.240 e. The van der Waals surface area contributed by atoms with E-state index < -0.39 is 10.0 Å². The van der Waals surface area contributed by atoms with Gasteiger partial charge in [-0.2, -0.15) is 0 Å². The maximum atomic E-state index is 11.9. The van der Waals surface area contributed by atoms with Crippen molar-refractivity contribution in [2.24, 2.45) is 10.7 Å². The third-order valence-corrected chi connectivity index (χ3v) is 5.40. The second-order valence-corrected chi connectivity index (χ2v) is 7.81. The van der Waals surface area contributed by atoms with Crippen molar-refractivity contribution in [2.75, 3.05) is 13.1 Å². The fraction of sp³-hybridized carbons (Fsp3) is 0.611. The van der Waals surface area contributed by atoms with Gasteiger partial charge in [-0.3, -0.25) is 0 Å². The summed E-state index contributed by atoms with van der Waals surface area (Å²) in [7, 11) is -3.40. The predicted octanol–water partition coefficient (Wildman–Crippen LogP) is 2.75. The van der Waals surface area contributed by atoms with E-state index in [1.807, 2.05) is 0 Å². The monoisotopic (exact) mass is 368 g/mol. The Hall–Kier alpha value is -1.60. The Kier molecular flexibility index (Phi) is 10.2. The van der Waals surface area contributed by atoms with Gasteiger partial charge in [0, 0.05) is 13.1 Å². The van der Waals surface area contributed by atoms with Crippen LogP contribution in [-0.4, -0.2) is 27.5 Å². The molecule has 0 saturated heterocycles. The summed E-state index contributed by atoms with van der Waals surface area (Å²) in [6, 6.07) is 6.69. The summed E-state index contributed by atoms with van der Waals surface area (Å²) in [4.78, 5) is 4.55. The fourth-order valence-corrected chi connectivity index (χ4v) is 3.44. The Balaban J connectivity index is 2.35. The molecule has 0 aliphatic rings. The smallest absolute Gasteiger partial charge is 0.240 e. The molecule has 0 bridgehead atoms. The van der Waals surface area contributed by atoms with Gasteiger partial charge in [0.15, 0.2) is 5.96 Å². The molecule has 1 aromatic rings. The van der Waals surface area contributed by atoms with Crippen LogP contribution in [-0.2, 0) is 16.6 Å². The highest BCUT2D eigenvalue weighted by molar-refractivity contribution is 7.89. The molecule has 0 spiro atoms. The molecular formula is C18H32N4O2S. The normalized spacial score (nSPS) is 12.3. The van der Waals surface area contributed by atoms with E-state index >= 15 is 0 Å². The Morgan fingerprint density at radius 1 is 1.04 bits per heavy atom. The van der Waals surface area contributed by atoms with Gasteiger partial charge in [0.05, 0.1) is 11.4 Å². The van der Waals surface area contributed by atoms with Crippen molar-refractivity contribution in [1.82, 2.24) is 10.0 Å². The molecule has 4 N–H and O–H groups in total. The number of unbranched alkanes of at least 4 members (excludes halogenated alkanes) is 5. The minimum absolute atomic E-state index is 0.260. The lowest BCUT2D eigenvalue weighted by atomic mass is 10.1. The van der Waals surface area contributed by atoms with Crippen LogP contribution < -0.4 is 15.8 Å². The number of nitrogens with one attached hydrogen (secondary N) is 2. The van der Waals surface area contributed by atoms with Crippen molar-refractivity contribution >= 4 is 16.0 Å². The highest BCUT2D eigenvalue weighted by atomic mass is 32.2. The first kappa shape index (κ1) is 21.4. The van der Waals surface area contributed by atoms with Crippen LogP contribution in [0.1, 0.15) is 57.9 Å². The average Bonchev–Trinajstić information content (AvgIpc) is 2.59. The molecule has 1 rings (SSSR count). The molecule has 0 aliphatic carbocycles. The third-order valence-electron chi connectivity index (χ3n) is 3.84. The number of nitrogens with zero attached hydrogens (tertiary/aromatic N) is 1. The Morgan fingerprint density at radius 2 is 1.68 bits per heavy atom. The second-order valence-electron chi connectivity index (χ2n) is 6.04. The van der Waals surface area contributed by atoms with E-state index in [-0.39, 0.29) is 4.90 Å². The largest absolute Gasteiger partial charge is 0.370 e. The molecule has 25 heavy (non-hydrogen) atoms. The van der Waals surface area contributed by atoms with Crippen LogP contribution in [0.2, 0.25) is 0 Å². The van der Waals surface area contributed by atoms with Crippen LogP contribution in [0.15, 0.2) is 34.2 Å². The van der Waals surface area contributed by atoms with Crippen molar-refractivity contribution in [1.29, 1.82) is 0 Å². The average molecular weight is 369 g/mol. The predicted molar refractivity (Wildman–Crippen MR) is 104 cm³/mol. The number of rotatable bonds is 12. The lowest BCUT2D eigenvalue weighted by molar-refractivity contribution is 0.584. The van der Waals surface area contributed by atoms with Crippen LogP contribution in [0.4, 0.5) is 0 Å². The number of sulfonamides is 1. The van der Waals surface area contributed by atoms with Crippen molar-refractivity contribution < 1.29 is 8.42 Å². The van der Waals surface area contributed by atoms with Crippen molar-refractivity contribution in [3.05, 3.63) is 29.8 Å². The molecule has 142 valence electrons. The van der Waals surface area contributed by atoms with Crippen molar-refractivity contribution in [3.63, 3.8) is 0 Å². The van der Waals surface area contributed by atoms with Crippen LogP contribution >= 0.6 is 0 Å². The molecule has 0 aliphatic heterocycles. The lowest BCUT2D eigenvalue weighted by Crippen LogP contribution is -2.32. The third kappa shape index (κ3) is 8.88. The molecule has 0 unspecified atom stereocenters. The second kappa shape index (κ2) is 11.9. The summed E-state index contributed by atoms with van der Waals surface area (Å²) < 4.78 is 26.2. The number of hydrogen-bond donors (Lipinski definition) is 3. The van der Waals surface area contributed by atoms with Gasteiger partial charge >= 0.3 is 0 Å². The number of nitrogens with two attached hydrogens (primary N) is 1. The molecule has 7 heteroatoms. The highest BCUT2D eigenvalue weighted by Crippen LogP contribution is 2.11. The van der Waals surface area contributed by atoms with E-state index in [2.05, 4.69) is 22.0 Å². The first-order valence-electron chi connectivity index (χ1n) is 9.12. The molecule has 0 atom stereocenters. The molecule has 0 heterocycles. The summed E-state index contributed by atoms with van der Waals surface area (Å²) in [5.41, 5.74) is 6.77. The zero-order valence-electron chi connectivity index (χ0n) is 15.4. The van der Waals surface area contributed by atoms with E-state index in [1.165, 1.54) is 32.1 Å². The van der Waals surface area contributed by atoms with Crippen LogP contribution in [0.25, 0.3) is 0 Å². The van der Waals surface area contributed by atoms with Crippen LogP contribution in [0.5, 0.6) is 0 Å². The van der Waals surface area contributed by atoms with Crippen LogP contribution in [0.3, 0.4) is 0 Å². The van der Waals surface area contributed by atoms with E-state index in [9.17, 15) is 8.42 Å². The van der Waals surface area contributed by atoms with Crippen molar-refractivity contribution in [3.8, 4) is 0 Å². The summed E-state index contributed by atoms with van der Waals surface area (Å²) in [6.45, 7) is 5.60. The van der Waals surface area contributed by atoms with E-state index in [0.717, 1.165) is 18.5 Å². The van der Waals surface area contributed by atoms with Gasteiger partial charge in [0.1, 0.15) is 0 Å². The number of benzene rings is 1. The molecule has 1 aromatic carbocycles. The van der Waals surface area contributed by atoms with Crippen LogP contribution in [0, 0.1) is 0 Å². The fourth-order valence-electron chi connectivity index (χ4n) is 2.40. The van der Waals surface area contributed by atoms with E-state index in [1.54, 1.807) is 31.2 Å². The van der Waals surface area contributed by atoms with Gasteiger partial charge in [-0.25, -0.2) is 18.1 Å². The Labute approximate surface area is 152 Å². The summed E-state index contributed by atoms with van der Waals surface area (Å²) in [5.74, 6) is 0.429. The molecule has 0 saturated carbocycles. The summed E-state index contributed by atoms with van der Waals surface area (Å²) in [6.07, 6.45) is 7.46. The Bertz CT molecular complexity index is 612. The number of guanidine groups is 1. The van der Waals surface area contributed by atoms with Gasteiger partial charge in [0.25, 0.3) is 0 Å². The molecule has 0 aromatic heterocycles. The van der Waals surface area contributed by atoms with Gasteiger partial charge in [-0.1, -0.05) is 58.1 Å². The SMILES string of the molecule is CCCCCCCCNC(N)=NCc1ccc(S(=O)(=O)NCC)cc1. The van der Waals surface area contributed by atoms with Gasteiger partial charge in [0.2, 0.25) is 10.0 Å². The minimum atomic E-state index is -3.40. The topological polar surface area (TPSA) is 96.6 Å². The van der Waals surface area contributed by atoms with Gasteiger partial charge in [-0.15, -0.1) is 0 Å². The standard InChI is InChI=1S/C18H32N4O2S/c1-3-5-6-7-8-9-14-20-18(19)21-15-16-10-12-17(13-11-16)25(23,24)22-4-2/h10-13,22H,3-9,14-15H2,1-2H3,(H3,19,20,21). The molecular weight excluding hydrogens is 336 g/mol.